The molecule has 7 nitrogen and oxygen atoms in total. The Morgan fingerprint density at radius 1 is 0.795 bits per heavy atom. The molecule has 0 saturated heterocycles. The first kappa shape index (κ1) is 33.4. The van der Waals surface area contributed by atoms with Gasteiger partial charge in [-0.15, -0.1) is 0 Å². The summed E-state index contributed by atoms with van der Waals surface area (Å²) in [6.45, 7) is 3.49. The lowest BCUT2D eigenvalue weighted by molar-refractivity contribution is -0.140. The Labute approximate surface area is 276 Å². The monoisotopic (exact) mass is 739 g/mol. The molecule has 4 aromatic carbocycles. The molecule has 0 aromatic heterocycles. The molecule has 230 valence electrons. The number of carbonyl (C=O) groups is 2. The second-order valence-electron chi connectivity index (χ2n) is 10.5. The van der Waals surface area contributed by atoms with E-state index in [-0.39, 0.29) is 29.8 Å². The summed E-state index contributed by atoms with van der Waals surface area (Å²) in [5.74, 6) is -0.804. The highest BCUT2D eigenvalue weighted by Gasteiger charge is 2.35. The zero-order valence-electron chi connectivity index (χ0n) is 24.6. The number of hydrogen-bond donors (Lipinski definition) is 1. The topological polar surface area (TPSA) is 86.8 Å². The number of anilines is 1. The Morgan fingerprint density at radius 2 is 1.43 bits per heavy atom. The molecule has 0 fully saturated rings. The molecule has 0 heterocycles. The summed E-state index contributed by atoms with van der Waals surface area (Å²) in [5, 5.41) is 3.05. The van der Waals surface area contributed by atoms with Crippen LogP contribution in [0.25, 0.3) is 0 Å². The Hall–Kier alpha value is -3.47. The molecule has 4 rings (SSSR count). The van der Waals surface area contributed by atoms with Gasteiger partial charge in [-0.25, -0.2) is 8.42 Å². The van der Waals surface area contributed by atoms with Crippen molar-refractivity contribution in [3.05, 3.63) is 129 Å². The van der Waals surface area contributed by atoms with Gasteiger partial charge in [-0.05, 0) is 66.9 Å². The summed E-state index contributed by atoms with van der Waals surface area (Å²) in [7, 11) is -4.15. The predicted octanol–water partition coefficient (Wildman–Crippen LogP) is 6.96. The molecular formula is C34H35Br2N3O4S. The van der Waals surface area contributed by atoms with E-state index in [0.717, 1.165) is 26.3 Å². The Morgan fingerprint density at radius 3 is 2.05 bits per heavy atom. The van der Waals surface area contributed by atoms with Crippen LogP contribution in [0.5, 0.6) is 0 Å². The Bertz CT molecular complexity index is 1650. The first-order valence-electron chi connectivity index (χ1n) is 14.3. The van der Waals surface area contributed by atoms with Gasteiger partial charge in [-0.2, -0.15) is 0 Å². The van der Waals surface area contributed by atoms with Gasteiger partial charge in [0.2, 0.25) is 11.8 Å². The average molecular weight is 742 g/mol. The van der Waals surface area contributed by atoms with Gasteiger partial charge in [0.05, 0.1) is 10.6 Å². The number of rotatable bonds is 13. The van der Waals surface area contributed by atoms with E-state index in [1.807, 2.05) is 68.4 Å². The second kappa shape index (κ2) is 15.5. The number of sulfonamides is 1. The highest BCUT2D eigenvalue weighted by molar-refractivity contribution is 9.10. The molecule has 2 unspecified atom stereocenters. The number of halogens is 2. The molecule has 0 radical (unpaired) electrons. The zero-order chi connectivity index (χ0) is 31.7. The fraction of sp³-hybridized carbons (Fsp3) is 0.235. The lowest BCUT2D eigenvalue weighted by Crippen LogP contribution is -2.54. The van der Waals surface area contributed by atoms with Crippen LogP contribution in [0.2, 0.25) is 0 Å². The standard InChI is InChI=1S/C34H35Br2N3O4S/c1-3-25(2)37-34(41)32(21-26-11-6-4-7-12-26)38(23-27-17-19-28(35)20-18-27)33(40)24-39(30-14-10-13-29(36)22-30)44(42,43)31-15-8-5-9-16-31/h4-20,22,25,32H,3,21,23-24H2,1-2H3,(H,37,41). The maximum absolute atomic E-state index is 14.5. The van der Waals surface area contributed by atoms with Gasteiger partial charge in [0, 0.05) is 28.0 Å². The van der Waals surface area contributed by atoms with Crippen LogP contribution in [0.1, 0.15) is 31.4 Å². The van der Waals surface area contributed by atoms with Crippen LogP contribution >= 0.6 is 31.9 Å². The Balaban J connectivity index is 1.80. The van der Waals surface area contributed by atoms with Crippen molar-refractivity contribution in [1.82, 2.24) is 10.2 Å². The summed E-state index contributed by atoms with van der Waals surface area (Å²) in [5.41, 5.74) is 2.01. The lowest BCUT2D eigenvalue weighted by Gasteiger charge is -2.34. The van der Waals surface area contributed by atoms with Crippen LogP contribution in [-0.2, 0) is 32.6 Å². The first-order chi connectivity index (χ1) is 21.1. The zero-order valence-corrected chi connectivity index (χ0v) is 28.6. The van der Waals surface area contributed by atoms with Gasteiger partial charge in [0.25, 0.3) is 10.0 Å². The van der Waals surface area contributed by atoms with Crippen LogP contribution in [0.3, 0.4) is 0 Å². The van der Waals surface area contributed by atoms with Crippen molar-refractivity contribution < 1.29 is 18.0 Å². The molecule has 0 saturated carbocycles. The van der Waals surface area contributed by atoms with Crippen molar-refractivity contribution in [3.63, 3.8) is 0 Å². The predicted molar refractivity (Wildman–Crippen MR) is 182 cm³/mol. The molecule has 0 aliphatic carbocycles. The molecule has 2 atom stereocenters. The van der Waals surface area contributed by atoms with E-state index < -0.39 is 28.5 Å². The van der Waals surface area contributed by atoms with Gasteiger partial charge in [0.15, 0.2) is 0 Å². The summed E-state index contributed by atoms with van der Waals surface area (Å²) in [4.78, 5) is 29.9. The summed E-state index contributed by atoms with van der Waals surface area (Å²) < 4.78 is 30.7. The molecule has 1 N–H and O–H groups in total. The van der Waals surface area contributed by atoms with E-state index in [9.17, 15) is 18.0 Å². The van der Waals surface area contributed by atoms with Crippen molar-refractivity contribution in [2.75, 3.05) is 10.8 Å². The third-order valence-corrected chi connectivity index (χ3v) is 10.1. The van der Waals surface area contributed by atoms with Crippen molar-refractivity contribution in [3.8, 4) is 0 Å². The van der Waals surface area contributed by atoms with Crippen LogP contribution in [-0.4, -0.2) is 43.8 Å². The molecule has 0 spiro atoms. The number of amides is 2. The fourth-order valence-electron chi connectivity index (χ4n) is 4.66. The highest BCUT2D eigenvalue weighted by Crippen LogP contribution is 2.27. The van der Waals surface area contributed by atoms with E-state index >= 15 is 0 Å². The SMILES string of the molecule is CCC(C)NC(=O)C(Cc1ccccc1)N(Cc1ccc(Br)cc1)C(=O)CN(c1cccc(Br)c1)S(=O)(=O)c1ccccc1. The third-order valence-electron chi connectivity index (χ3n) is 7.24. The average Bonchev–Trinajstić information content (AvgIpc) is 3.03. The molecule has 2 amide bonds. The van der Waals surface area contributed by atoms with Crippen LogP contribution < -0.4 is 9.62 Å². The molecule has 0 aliphatic rings. The molecule has 0 bridgehead atoms. The summed E-state index contributed by atoms with van der Waals surface area (Å²) in [6.07, 6.45) is 0.976. The highest BCUT2D eigenvalue weighted by atomic mass is 79.9. The van der Waals surface area contributed by atoms with Gasteiger partial charge >= 0.3 is 0 Å². The minimum absolute atomic E-state index is 0.0579. The third kappa shape index (κ3) is 8.80. The molecule has 4 aromatic rings. The van der Waals surface area contributed by atoms with Crippen molar-refractivity contribution >= 4 is 59.4 Å². The second-order valence-corrected chi connectivity index (χ2v) is 14.2. The normalized spacial score (nSPS) is 12.6. The van der Waals surface area contributed by atoms with Crippen molar-refractivity contribution in [2.45, 2.75) is 50.2 Å². The number of carbonyl (C=O) groups excluding carboxylic acids is 2. The van der Waals surface area contributed by atoms with Gasteiger partial charge in [-0.3, -0.25) is 13.9 Å². The minimum atomic E-state index is -4.15. The number of hydrogen-bond acceptors (Lipinski definition) is 4. The van der Waals surface area contributed by atoms with Crippen LogP contribution in [0.15, 0.2) is 123 Å². The maximum atomic E-state index is 14.5. The smallest absolute Gasteiger partial charge is 0.264 e. The minimum Gasteiger partial charge on any atom is -0.352 e. The summed E-state index contributed by atoms with van der Waals surface area (Å²) >= 11 is 6.89. The van der Waals surface area contributed by atoms with E-state index in [0.29, 0.717) is 10.2 Å². The van der Waals surface area contributed by atoms with Crippen LogP contribution in [0, 0.1) is 0 Å². The Kier molecular flexibility index (Phi) is 11.8. The fourth-order valence-corrected chi connectivity index (χ4v) is 6.74. The van der Waals surface area contributed by atoms with Gasteiger partial charge in [-0.1, -0.05) is 106 Å². The van der Waals surface area contributed by atoms with E-state index in [1.165, 1.54) is 17.0 Å². The quantitative estimate of drug-likeness (QED) is 0.161. The molecule has 10 heteroatoms. The maximum Gasteiger partial charge on any atom is 0.264 e. The van der Waals surface area contributed by atoms with Crippen molar-refractivity contribution in [1.29, 1.82) is 0 Å². The number of nitrogens with one attached hydrogen (secondary N) is 1. The van der Waals surface area contributed by atoms with E-state index in [1.54, 1.807) is 42.5 Å². The van der Waals surface area contributed by atoms with E-state index in [2.05, 4.69) is 37.2 Å². The first-order valence-corrected chi connectivity index (χ1v) is 17.3. The van der Waals surface area contributed by atoms with Crippen LogP contribution in [0.4, 0.5) is 5.69 Å². The van der Waals surface area contributed by atoms with Gasteiger partial charge < -0.3 is 10.2 Å². The lowest BCUT2D eigenvalue weighted by atomic mass is 10.0. The molecular weight excluding hydrogens is 706 g/mol. The molecule has 0 aliphatic heterocycles. The molecule has 44 heavy (non-hydrogen) atoms. The largest absolute Gasteiger partial charge is 0.352 e. The number of benzene rings is 4. The van der Waals surface area contributed by atoms with E-state index in [4.69, 9.17) is 0 Å². The number of nitrogens with zero attached hydrogens (tertiary/aromatic N) is 2. The van der Waals surface area contributed by atoms with Crippen molar-refractivity contribution in [2.24, 2.45) is 0 Å². The summed E-state index contributed by atoms with van der Waals surface area (Å²) in [6, 6.07) is 30.8. The van der Waals surface area contributed by atoms with Gasteiger partial charge in [0.1, 0.15) is 12.6 Å².